The van der Waals surface area contributed by atoms with Gasteiger partial charge in [0.2, 0.25) is 0 Å². The number of carboxylic acid groups (broad SMARTS) is 4. The second-order valence-corrected chi connectivity index (χ2v) is 29.9. The van der Waals surface area contributed by atoms with E-state index >= 15 is 0 Å². The molecule has 3 aliphatic heterocycles. The zero-order valence-electron chi connectivity index (χ0n) is 45.4. The molecule has 80 heavy (non-hydrogen) atoms. The van der Waals surface area contributed by atoms with Crippen molar-refractivity contribution in [1.82, 2.24) is 10.6 Å². The number of hydrogen-bond donors (Lipinski definition) is 8. The molecule has 3 fully saturated rings. The Morgan fingerprint density at radius 2 is 0.887 bits per heavy atom. The molecule has 0 saturated heterocycles. The lowest BCUT2D eigenvalue weighted by molar-refractivity contribution is -0.145. The van der Waals surface area contributed by atoms with Crippen LogP contribution in [0, 0.1) is 23.7 Å². The predicted octanol–water partition coefficient (Wildman–Crippen LogP) is 6.32. The fraction of sp³-hybridized carbons (Fsp3) is 0.640. The zero-order valence-corrected chi connectivity index (χ0v) is 51.9. The van der Waals surface area contributed by atoms with Crippen LogP contribution < -0.4 is 22.1 Å². The Kier molecular flexibility index (Phi) is 32.1. The van der Waals surface area contributed by atoms with E-state index in [1.165, 1.54) is 88.1 Å². The first-order valence-electron chi connectivity index (χ1n) is 25.7. The van der Waals surface area contributed by atoms with Crippen LogP contribution in [0.25, 0.3) is 11.1 Å². The third kappa shape index (κ3) is 23.9. The normalized spacial score (nSPS) is 23.2. The van der Waals surface area contributed by atoms with Crippen molar-refractivity contribution in [2.45, 2.75) is 137 Å². The summed E-state index contributed by atoms with van der Waals surface area (Å²) in [4.78, 5) is 66.0. The van der Waals surface area contributed by atoms with Crippen molar-refractivity contribution >= 4 is 121 Å². The van der Waals surface area contributed by atoms with Crippen molar-refractivity contribution in [1.29, 1.82) is 0 Å². The van der Waals surface area contributed by atoms with Crippen molar-refractivity contribution in [2.24, 2.45) is 35.1 Å². The summed E-state index contributed by atoms with van der Waals surface area (Å²) >= 11 is 0. The van der Waals surface area contributed by atoms with Crippen LogP contribution in [0.15, 0.2) is 58.3 Å². The van der Waals surface area contributed by atoms with Gasteiger partial charge < -0.3 is 52.0 Å². The number of esters is 2. The van der Waals surface area contributed by atoms with Crippen molar-refractivity contribution in [3.05, 3.63) is 48.5 Å². The molecular weight excluding hydrogens is 1200 g/mol. The van der Waals surface area contributed by atoms with Gasteiger partial charge in [-0.25, -0.2) is 0 Å². The minimum Gasteiger partial charge on any atom is -0.481 e. The Labute approximate surface area is 492 Å². The van der Waals surface area contributed by atoms with Crippen LogP contribution >= 0.6 is 64.8 Å². The molecule has 3 aliphatic carbocycles. The Morgan fingerprint density at radius 1 is 0.525 bits per heavy atom. The highest BCUT2D eigenvalue weighted by molar-refractivity contribution is 8.77. The molecule has 6 unspecified atom stereocenters. The van der Waals surface area contributed by atoms with Gasteiger partial charge in [0.15, 0.2) is 0 Å². The number of carboxylic acids is 4. The van der Waals surface area contributed by atoms with Crippen LogP contribution in [0.3, 0.4) is 0 Å². The van der Waals surface area contributed by atoms with E-state index in [-0.39, 0.29) is 51.1 Å². The summed E-state index contributed by atoms with van der Waals surface area (Å²) < 4.78 is 69.3. The molecule has 10 N–H and O–H groups in total. The van der Waals surface area contributed by atoms with Crippen LogP contribution in [-0.2, 0) is 66.8 Å². The summed E-state index contributed by atoms with van der Waals surface area (Å²) in [6.07, 6.45) is 5.15. The number of benzene rings is 2. The lowest BCUT2D eigenvalue weighted by atomic mass is 9.81. The van der Waals surface area contributed by atoms with E-state index in [0.29, 0.717) is 66.2 Å². The average molecular weight is 1280 g/mol. The Morgan fingerprint density at radius 3 is 1.20 bits per heavy atom. The van der Waals surface area contributed by atoms with E-state index in [0.717, 1.165) is 36.8 Å². The lowest BCUT2D eigenvalue weighted by Gasteiger charge is -2.36. The molecule has 0 radical (unpaired) electrons. The minimum absolute atomic E-state index is 0.0356. The van der Waals surface area contributed by atoms with Gasteiger partial charge in [-0.05, 0) is 98.6 Å². The second-order valence-electron chi connectivity index (χ2n) is 19.1. The van der Waals surface area contributed by atoms with Crippen LogP contribution in [0.4, 0.5) is 0 Å². The highest BCUT2D eigenvalue weighted by Gasteiger charge is 2.41. The van der Waals surface area contributed by atoms with Gasteiger partial charge in [-0.1, -0.05) is 117 Å². The highest BCUT2D eigenvalue weighted by atomic mass is 33.1. The third-order valence-corrected chi connectivity index (χ3v) is 23.5. The van der Waals surface area contributed by atoms with Crippen LogP contribution in [0.5, 0.6) is 0 Å². The molecule has 3 saturated carbocycles. The predicted molar refractivity (Wildman–Crippen MR) is 316 cm³/mol. The van der Waals surface area contributed by atoms with Crippen LogP contribution in [0.2, 0.25) is 0 Å². The molecule has 6 aliphatic rings. The molecule has 2 aromatic rings. The van der Waals surface area contributed by atoms with E-state index in [1.54, 1.807) is 45.9 Å². The molecule has 452 valence electrons. The number of fused-ring (bicyclic) bond motifs is 2. The van der Waals surface area contributed by atoms with E-state index in [2.05, 4.69) is 24.5 Å². The van der Waals surface area contributed by atoms with Gasteiger partial charge in [-0.2, -0.15) is 16.8 Å². The molecule has 0 spiro atoms. The number of methoxy groups -OCH3 is 2. The number of hydrogen-bond acceptors (Lipinski definition) is 24. The fourth-order valence-corrected chi connectivity index (χ4v) is 17.0. The molecule has 30 heteroatoms. The third-order valence-electron chi connectivity index (χ3n) is 13.4. The van der Waals surface area contributed by atoms with Gasteiger partial charge in [0.05, 0.1) is 35.8 Å². The molecule has 0 amide bonds. The molecular formula is C50H76N4O18S8. The summed E-state index contributed by atoms with van der Waals surface area (Å²) in [6.45, 7) is 8.15. The fourth-order valence-electron chi connectivity index (χ4n) is 7.35. The standard InChI is InChI=1S/C16H14O6S2.C15H27NO4S2.C13H23NO4S2.C6H12N2O4S2/c17-23(18)13-5-1-11(2-6-13)12-3-7-14(8-4-12)24(19,20)22-16-10-9-15(16)21-23;1-5-11(14(17)19-3)8-21-22-9-13(15(18)20-4)16-12-7-6-10(12)2;1-3-9(12(15)16)6-19-20-7-11(13(17)18)14-10-5-4-8(10)2;7-3(5(9)10)1-13-14-2-4(8)6(11)12/h1-8,15-16H,9-10H2;10-13,16H,5-9H2,1-4H3;8-11,14H,3-7H2,1-2H3,(H,15,16)(H,17,18);3-4H,1-2,7-8H2,(H,9,10)(H,11,12)/t;10?,11-,12?,13+;8?,9-,10?,11+;3-,4+/m.00./s1. The number of aliphatic carboxylic acids is 4. The number of rotatable bonds is 27. The van der Waals surface area contributed by atoms with Gasteiger partial charge in [0, 0.05) is 46.6 Å². The summed E-state index contributed by atoms with van der Waals surface area (Å²) in [5.74, 6) is -0.636. The summed E-state index contributed by atoms with van der Waals surface area (Å²) in [5.41, 5.74) is 12.0. The summed E-state index contributed by atoms with van der Waals surface area (Å²) in [5, 5.41) is 41.5. The lowest BCUT2D eigenvalue weighted by Crippen LogP contribution is -2.51. The van der Waals surface area contributed by atoms with E-state index in [4.69, 9.17) is 44.6 Å². The smallest absolute Gasteiger partial charge is 0.323 e. The van der Waals surface area contributed by atoms with E-state index < -0.39 is 74.4 Å². The SMILES string of the molecule is CC[C@@H](CSSC[C@@H](NC1CCC1C)C(=O)O)C(=O)O.CC[C@@H](CSSC[C@@H](NC1CCC1C)C(=O)OC)C(=O)OC.N[C@H](CSSC[C@H](N)C(=O)O)C(=O)O.O=S1(=O)OC2CCC2OS(=O)(=O)c2ccc(cc2)-c2ccc1cc2. The van der Waals surface area contributed by atoms with E-state index in [9.17, 15) is 50.7 Å². The van der Waals surface area contributed by atoms with Gasteiger partial charge in [0.25, 0.3) is 20.2 Å². The molecule has 0 aromatic heterocycles. The first-order valence-corrected chi connectivity index (χ1v) is 36.0. The molecule has 22 nitrogen and oxygen atoms in total. The van der Waals surface area contributed by atoms with Crippen molar-refractivity contribution in [3.63, 3.8) is 0 Å². The monoisotopic (exact) mass is 1280 g/mol. The number of nitrogens with two attached hydrogens (primary N) is 2. The first kappa shape index (κ1) is 71.3. The van der Waals surface area contributed by atoms with Crippen molar-refractivity contribution < 1.29 is 83.9 Å². The van der Waals surface area contributed by atoms with Gasteiger partial charge >= 0.3 is 35.8 Å². The highest BCUT2D eigenvalue weighted by Crippen LogP contribution is 2.35. The number of carbonyl (C=O) groups is 6. The second kappa shape index (κ2) is 36.0. The largest absolute Gasteiger partial charge is 0.481 e. The van der Waals surface area contributed by atoms with E-state index in [1.807, 2.05) is 13.8 Å². The Bertz CT molecular complexity index is 2410. The van der Waals surface area contributed by atoms with Crippen LogP contribution in [-0.4, -0.2) is 170 Å². The summed E-state index contributed by atoms with van der Waals surface area (Å²) in [6, 6.07) is 10.6. The number of nitrogens with one attached hydrogen (secondary N) is 2. The molecule has 12 atom stereocenters. The number of carbonyl (C=O) groups excluding carboxylic acids is 2. The zero-order chi connectivity index (χ0) is 59.7. The summed E-state index contributed by atoms with van der Waals surface area (Å²) in [7, 11) is 3.41. The Balaban J connectivity index is 0.000000285. The average Bonchev–Trinajstić information content (AvgIpc) is 3.42. The topological polar surface area (TPSA) is 365 Å². The molecule has 2 aromatic carbocycles. The molecule has 4 bridgehead atoms. The Hall–Kier alpha value is -2.98. The molecule has 3 heterocycles. The van der Waals surface area contributed by atoms with Gasteiger partial charge in [0.1, 0.15) is 36.4 Å². The minimum atomic E-state index is -3.96. The maximum Gasteiger partial charge on any atom is 0.323 e. The maximum absolute atomic E-state index is 12.3. The van der Waals surface area contributed by atoms with Gasteiger partial charge in [-0.15, -0.1) is 0 Å². The first-order chi connectivity index (χ1) is 37.8. The van der Waals surface area contributed by atoms with Crippen LogP contribution in [0.1, 0.15) is 79.1 Å². The number of ether oxygens (including phenoxy) is 2. The maximum atomic E-state index is 12.3. The van der Waals surface area contributed by atoms with Crippen molar-refractivity contribution in [3.8, 4) is 11.1 Å². The molecule has 8 rings (SSSR count). The quantitative estimate of drug-likeness (QED) is 0.0210. The van der Waals surface area contributed by atoms with Crippen molar-refractivity contribution in [2.75, 3.05) is 48.7 Å². The van der Waals surface area contributed by atoms with Gasteiger partial charge in [-0.3, -0.25) is 37.1 Å².